The van der Waals surface area contributed by atoms with Gasteiger partial charge in [-0.1, -0.05) is 23.1 Å². The molecule has 0 aliphatic rings. The van der Waals surface area contributed by atoms with Crippen molar-refractivity contribution >= 4 is 28.9 Å². The van der Waals surface area contributed by atoms with Crippen LogP contribution in [0.25, 0.3) is 0 Å². The Kier molecular flexibility index (Phi) is 4.97. The highest BCUT2D eigenvalue weighted by molar-refractivity contribution is 8.01. The number of benzene rings is 1. The number of methoxy groups -OCH3 is 2. The van der Waals surface area contributed by atoms with Crippen LogP contribution in [0.15, 0.2) is 22.5 Å². The van der Waals surface area contributed by atoms with Gasteiger partial charge in [0.15, 0.2) is 21.6 Å². The molecule has 0 aliphatic carbocycles. The summed E-state index contributed by atoms with van der Waals surface area (Å²) in [4.78, 5) is 12.1. The third-order valence-corrected chi connectivity index (χ3v) is 4.51. The van der Waals surface area contributed by atoms with Crippen LogP contribution in [-0.4, -0.2) is 36.0 Å². The van der Waals surface area contributed by atoms with Gasteiger partial charge in [-0.15, -0.1) is 10.2 Å². The molecule has 0 unspecified atom stereocenters. The van der Waals surface area contributed by atoms with Gasteiger partial charge < -0.3 is 9.47 Å². The first-order valence-corrected chi connectivity index (χ1v) is 7.62. The van der Waals surface area contributed by atoms with Gasteiger partial charge in [0.25, 0.3) is 0 Å². The first-order chi connectivity index (χ1) is 9.63. The minimum absolute atomic E-state index is 0.0174. The second-order valence-electron chi connectivity index (χ2n) is 3.87. The van der Waals surface area contributed by atoms with E-state index >= 15 is 0 Å². The van der Waals surface area contributed by atoms with E-state index in [-0.39, 0.29) is 5.78 Å². The van der Waals surface area contributed by atoms with Crippen LogP contribution < -0.4 is 9.47 Å². The molecule has 2 rings (SSSR count). The standard InChI is InChI=1S/C13H14N2O3S2/c1-8-14-15-13(20-8)19-7-10(16)9-4-5-11(17-2)12(6-9)18-3/h4-6H,7H2,1-3H3. The minimum Gasteiger partial charge on any atom is -0.493 e. The van der Waals surface area contributed by atoms with Crippen LogP contribution in [0.4, 0.5) is 0 Å². The molecule has 1 aromatic heterocycles. The van der Waals surface area contributed by atoms with Crippen molar-refractivity contribution in [2.24, 2.45) is 0 Å². The highest BCUT2D eigenvalue weighted by Gasteiger charge is 2.12. The molecule has 5 nitrogen and oxygen atoms in total. The Morgan fingerprint density at radius 1 is 1.25 bits per heavy atom. The molecule has 0 radical (unpaired) electrons. The highest BCUT2D eigenvalue weighted by atomic mass is 32.2. The lowest BCUT2D eigenvalue weighted by molar-refractivity contribution is 0.102. The van der Waals surface area contributed by atoms with Crippen LogP contribution in [-0.2, 0) is 0 Å². The van der Waals surface area contributed by atoms with Gasteiger partial charge in [0.05, 0.1) is 20.0 Å². The molecule has 2 aromatic rings. The van der Waals surface area contributed by atoms with Crippen LogP contribution >= 0.6 is 23.1 Å². The molecule has 20 heavy (non-hydrogen) atoms. The van der Waals surface area contributed by atoms with Gasteiger partial charge in [0, 0.05) is 5.56 Å². The fourth-order valence-electron chi connectivity index (χ4n) is 1.56. The van der Waals surface area contributed by atoms with E-state index < -0.39 is 0 Å². The Morgan fingerprint density at radius 3 is 2.60 bits per heavy atom. The molecular weight excluding hydrogens is 296 g/mol. The lowest BCUT2D eigenvalue weighted by atomic mass is 10.1. The van der Waals surface area contributed by atoms with Crippen molar-refractivity contribution in [1.29, 1.82) is 0 Å². The maximum Gasteiger partial charge on any atom is 0.174 e. The van der Waals surface area contributed by atoms with Gasteiger partial charge >= 0.3 is 0 Å². The van der Waals surface area contributed by atoms with Gasteiger partial charge in [-0.05, 0) is 25.1 Å². The predicted octanol–water partition coefficient (Wildman–Crippen LogP) is 2.84. The lowest BCUT2D eigenvalue weighted by Gasteiger charge is -2.08. The average molecular weight is 310 g/mol. The number of carbonyl (C=O) groups is 1. The molecule has 0 N–H and O–H groups in total. The van der Waals surface area contributed by atoms with Gasteiger partial charge in [-0.3, -0.25) is 4.79 Å². The zero-order chi connectivity index (χ0) is 14.5. The molecule has 0 bridgehead atoms. The van der Waals surface area contributed by atoms with Gasteiger partial charge in [0.2, 0.25) is 0 Å². The Morgan fingerprint density at radius 2 is 2.00 bits per heavy atom. The third kappa shape index (κ3) is 3.49. The van der Waals surface area contributed by atoms with Crippen LogP contribution in [0.3, 0.4) is 0 Å². The lowest BCUT2D eigenvalue weighted by Crippen LogP contribution is -2.03. The Labute approximate surface area is 125 Å². The summed E-state index contributed by atoms with van der Waals surface area (Å²) < 4.78 is 11.1. The number of Topliss-reactive ketones (excluding diaryl/α,β-unsaturated/α-hetero) is 1. The van der Waals surface area contributed by atoms with E-state index in [2.05, 4.69) is 10.2 Å². The fraction of sp³-hybridized carbons (Fsp3) is 0.308. The van der Waals surface area contributed by atoms with E-state index in [0.717, 1.165) is 9.35 Å². The summed E-state index contributed by atoms with van der Waals surface area (Å²) in [5.41, 5.74) is 0.594. The molecule has 0 saturated heterocycles. The first kappa shape index (κ1) is 14.8. The van der Waals surface area contributed by atoms with Crippen LogP contribution in [0.5, 0.6) is 11.5 Å². The molecule has 0 aliphatic heterocycles. The van der Waals surface area contributed by atoms with Crippen LogP contribution in [0.2, 0.25) is 0 Å². The number of aromatic nitrogens is 2. The second-order valence-corrected chi connectivity index (χ2v) is 6.27. The molecule has 1 heterocycles. The fourth-order valence-corrected chi connectivity index (χ4v) is 3.27. The van der Waals surface area contributed by atoms with Gasteiger partial charge in [0.1, 0.15) is 5.01 Å². The summed E-state index contributed by atoms with van der Waals surface area (Å²) in [6.45, 7) is 1.89. The average Bonchev–Trinajstić information content (AvgIpc) is 2.89. The molecule has 7 heteroatoms. The smallest absolute Gasteiger partial charge is 0.174 e. The molecule has 0 saturated carbocycles. The van der Waals surface area contributed by atoms with Crippen molar-refractivity contribution in [3.05, 3.63) is 28.8 Å². The third-order valence-electron chi connectivity index (χ3n) is 2.54. The molecule has 0 amide bonds. The number of hydrogen-bond donors (Lipinski definition) is 0. The van der Waals surface area contributed by atoms with Gasteiger partial charge in [-0.2, -0.15) is 0 Å². The largest absolute Gasteiger partial charge is 0.493 e. The quantitative estimate of drug-likeness (QED) is 0.604. The van der Waals surface area contributed by atoms with Crippen molar-refractivity contribution < 1.29 is 14.3 Å². The molecule has 0 fully saturated rings. The second kappa shape index (κ2) is 6.71. The number of carbonyl (C=O) groups excluding carboxylic acids is 1. The normalized spacial score (nSPS) is 10.3. The summed E-state index contributed by atoms with van der Waals surface area (Å²) in [5.74, 6) is 1.50. The van der Waals surface area contributed by atoms with E-state index in [1.807, 2.05) is 6.92 Å². The molecule has 0 spiro atoms. The van der Waals surface area contributed by atoms with E-state index in [0.29, 0.717) is 22.8 Å². The van der Waals surface area contributed by atoms with E-state index in [1.54, 1.807) is 32.4 Å². The number of hydrogen-bond acceptors (Lipinski definition) is 7. The summed E-state index contributed by atoms with van der Waals surface area (Å²) in [5, 5.41) is 8.79. The molecule has 106 valence electrons. The maximum absolute atomic E-state index is 12.1. The molecule has 0 atom stereocenters. The minimum atomic E-state index is 0.0174. The van der Waals surface area contributed by atoms with Crippen molar-refractivity contribution in [3.63, 3.8) is 0 Å². The van der Waals surface area contributed by atoms with E-state index in [1.165, 1.54) is 23.1 Å². The summed E-state index contributed by atoms with van der Waals surface area (Å²) in [6.07, 6.45) is 0. The van der Waals surface area contributed by atoms with E-state index in [4.69, 9.17) is 9.47 Å². The van der Waals surface area contributed by atoms with Gasteiger partial charge in [-0.25, -0.2) is 0 Å². The number of rotatable bonds is 6. The Hall–Kier alpha value is -1.60. The number of nitrogens with zero attached hydrogens (tertiary/aromatic N) is 2. The topological polar surface area (TPSA) is 61.3 Å². The van der Waals surface area contributed by atoms with Crippen molar-refractivity contribution in [2.45, 2.75) is 11.3 Å². The predicted molar refractivity (Wildman–Crippen MR) is 79.2 cm³/mol. The first-order valence-electron chi connectivity index (χ1n) is 5.82. The number of thioether (sulfide) groups is 1. The van der Waals surface area contributed by atoms with Crippen molar-refractivity contribution in [1.82, 2.24) is 10.2 Å². The summed E-state index contributed by atoms with van der Waals surface area (Å²) >= 11 is 2.87. The maximum atomic E-state index is 12.1. The number of ether oxygens (including phenoxy) is 2. The van der Waals surface area contributed by atoms with Crippen molar-refractivity contribution in [3.8, 4) is 11.5 Å². The molecule has 1 aromatic carbocycles. The van der Waals surface area contributed by atoms with Crippen LogP contribution in [0.1, 0.15) is 15.4 Å². The number of ketones is 1. The zero-order valence-electron chi connectivity index (χ0n) is 11.4. The Bertz CT molecular complexity index is 613. The highest BCUT2D eigenvalue weighted by Crippen LogP contribution is 2.29. The molecular formula is C13H14N2O3S2. The zero-order valence-corrected chi connectivity index (χ0v) is 13.0. The summed E-state index contributed by atoms with van der Waals surface area (Å²) in [7, 11) is 3.11. The summed E-state index contributed by atoms with van der Waals surface area (Å²) in [6, 6.07) is 5.15. The SMILES string of the molecule is COc1ccc(C(=O)CSc2nnc(C)s2)cc1OC. The van der Waals surface area contributed by atoms with E-state index in [9.17, 15) is 4.79 Å². The van der Waals surface area contributed by atoms with Crippen LogP contribution in [0, 0.1) is 6.92 Å². The van der Waals surface area contributed by atoms with Crippen molar-refractivity contribution in [2.75, 3.05) is 20.0 Å². The monoisotopic (exact) mass is 310 g/mol. The number of aryl methyl sites for hydroxylation is 1. The Balaban J connectivity index is 2.05.